The Bertz CT molecular complexity index is 42.3. The lowest BCUT2D eigenvalue weighted by Gasteiger charge is -1.96. The molecule has 0 unspecified atom stereocenters. The predicted octanol–water partition coefficient (Wildman–Crippen LogP) is -0.674. The van der Waals surface area contributed by atoms with Gasteiger partial charge in [-0.25, -0.2) is 0 Å². The monoisotopic (exact) mass is 131 g/mol. The fraction of sp³-hybridized carbons (Fsp3) is 1.00. The normalized spacial score (nSPS) is 9.75. The molecule has 0 spiro atoms. The van der Waals surface area contributed by atoms with Crippen LogP contribution in [0.3, 0.4) is 0 Å². The van der Waals surface area contributed by atoms with Gasteiger partial charge in [-0.1, -0.05) is 0 Å². The lowest BCUT2D eigenvalue weighted by Crippen LogP contribution is -2.21. The number of nitrogens with two attached hydrogens (primary N) is 3. The molecular formula is C2H8F3N3. The maximum absolute atomic E-state index is 10.7. The fourth-order valence-corrected chi connectivity index (χ4v) is 0. The summed E-state index contributed by atoms with van der Waals surface area (Å²) in [5.74, 6) is 8.00. The summed E-state index contributed by atoms with van der Waals surface area (Å²) in [7, 11) is 0. The summed E-state index contributed by atoms with van der Waals surface area (Å²) < 4.78 is 32.0. The minimum absolute atomic E-state index is 1.23. The van der Waals surface area contributed by atoms with Crippen molar-refractivity contribution >= 4 is 0 Å². The van der Waals surface area contributed by atoms with E-state index in [1.807, 2.05) is 0 Å². The van der Waals surface area contributed by atoms with E-state index in [-0.39, 0.29) is 0 Å². The minimum Gasteiger partial charge on any atom is -0.323 e. The molecular weight excluding hydrogens is 123 g/mol. The molecule has 0 saturated heterocycles. The maximum Gasteiger partial charge on any atom is 0.400 e. The third kappa shape index (κ3) is 17.3. The van der Waals surface area contributed by atoms with Gasteiger partial charge < -0.3 is 5.73 Å². The number of alkyl halides is 3. The predicted molar refractivity (Wildman–Crippen MR) is 23.5 cm³/mol. The Morgan fingerprint density at radius 3 is 1.25 bits per heavy atom. The van der Waals surface area contributed by atoms with E-state index in [9.17, 15) is 13.2 Å². The average molecular weight is 131 g/mol. The van der Waals surface area contributed by atoms with Gasteiger partial charge in [0.1, 0.15) is 0 Å². The van der Waals surface area contributed by atoms with Crippen molar-refractivity contribution in [3.05, 3.63) is 0 Å². The van der Waals surface area contributed by atoms with Crippen LogP contribution in [0.15, 0.2) is 0 Å². The van der Waals surface area contributed by atoms with E-state index in [0.29, 0.717) is 0 Å². The van der Waals surface area contributed by atoms with Gasteiger partial charge in [-0.2, -0.15) is 13.2 Å². The van der Waals surface area contributed by atoms with Crippen LogP contribution < -0.4 is 17.4 Å². The quantitative estimate of drug-likeness (QED) is 0.301. The Labute approximate surface area is 44.6 Å². The highest BCUT2D eigenvalue weighted by Crippen LogP contribution is 2.10. The maximum atomic E-state index is 10.7. The third-order valence-corrected chi connectivity index (χ3v) is 0.231. The SMILES string of the molecule is NCC(F)(F)F.NN. The van der Waals surface area contributed by atoms with Crippen LogP contribution >= 0.6 is 0 Å². The van der Waals surface area contributed by atoms with Gasteiger partial charge in [0.15, 0.2) is 0 Å². The van der Waals surface area contributed by atoms with Gasteiger partial charge in [0.05, 0.1) is 6.54 Å². The number of hydrogen-bond acceptors (Lipinski definition) is 3. The van der Waals surface area contributed by atoms with Crippen LogP contribution in [0.5, 0.6) is 0 Å². The molecule has 0 fully saturated rings. The molecule has 0 rings (SSSR count). The molecule has 0 aromatic rings. The second-order valence-corrected chi connectivity index (χ2v) is 0.819. The summed E-state index contributed by atoms with van der Waals surface area (Å²) in [5, 5.41) is 0. The Morgan fingerprint density at radius 2 is 1.25 bits per heavy atom. The zero-order valence-corrected chi connectivity index (χ0v) is 4.07. The second-order valence-electron chi connectivity index (χ2n) is 0.819. The smallest absolute Gasteiger partial charge is 0.323 e. The summed E-state index contributed by atoms with van der Waals surface area (Å²) in [6.07, 6.45) is -4.18. The van der Waals surface area contributed by atoms with E-state index >= 15 is 0 Å². The summed E-state index contributed by atoms with van der Waals surface area (Å²) >= 11 is 0. The molecule has 0 saturated carbocycles. The first-order valence-corrected chi connectivity index (χ1v) is 1.66. The first kappa shape index (κ1) is 10.6. The van der Waals surface area contributed by atoms with E-state index in [2.05, 4.69) is 17.4 Å². The summed E-state index contributed by atoms with van der Waals surface area (Å²) in [4.78, 5) is 0. The van der Waals surface area contributed by atoms with Gasteiger partial charge in [0.25, 0.3) is 0 Å². The Kier molecular flexibility index (Phi) is 6.39. The molecule has 0 heterocycles. The van der Waals surface area contributed by atoms with Gasteiger partial charge >= 0.3 is 6.18 Å². The fourth-order valence-electron chi connectivity index (χ4n) is 0. The summed E-state index contributed by atoms with van der Waals surface area (Å²) in [6.45, 7) is -1.23. The van der Waals surface area contributed by atoms with Crippen molar-refractivity contribution in [2.45, 2.75) is 6.18 Å². The third-order valence-electron chi connectivity index (χ3n) is 0.231. The van der Waals surface area contributed by atoms with Gasteiger partial charge in [-0.15, -0.1) is 0 Å². The van der Waals surface area contributed by atoms with Gasteiger partial charge in [-0.3, -0.25) is 11.7 Å². The van der Waals surface area contributed by atoms with Crippen LogP contribution in [0, 0.1) is 0 Å². The Hall–Kier alpha value is -0.330. The second kappa shape index (κ2) is 4.82. The van der Waals surface area contributed by atoms with Crippen LogP contribution in [0.2, 0.25) is 0 Å². The van der Waals surface area contributed by atoms with Crippen molar-refractivity contribution in [1.29, 1.82) is 0 Å². The van der Waals surface area contributed by atoms with Crippen molar-refractivity contribution in [2.24, 2.45) is 17.4 Å². The van der Waals surface area contributed by atoms with Crippen molar-refractivity contribution in [1.82, 2.24) is 0 Å². The van der Waals surface area contributed by atoms with Crippen LogP contribution in [0.25, 0.3) is 0 Å². The lowest BCUT2D eigenvalue weighted by molar-refractivity contribution is -0.118. The van der Waals surface area contributed by atoms with Gasteiger partial charge in [-0.05, 0) is 0 Å². The number of rotatable bonds is 0. The standard InChI is InChI=1S/C2H4F3N.H4N2/c3-2(4,5)1-6;1-2/h1,6H2;1-2H2. The molecule has 8 heavy (non-hydrogen) atoms. The molecule has 0 aliphatic rings. The molecule has 0 aromatic carbocycles. The Morgan fingerprint density at radius 1 is 1.12 bits per heavy atom. The van der Waals surface area contributed by atoms with Crippen LogP contribution in [-0.4, -0.2) is 12.7 Å². The van der Waals surface area contributed by atoms with Crippen LogP contribution in [0.1, 0.15) is 0 Å². The largest absolute Gasteiger partial charge is 0.400 e. The van der Waals surface area contributed by atoms with Gasteiger partial charge in [0, 0.05) is 0 Å². The molecule has 0 aliphatic carbocycles. The number of hydrazine groups is 1. The van der Waals surface area contributed by atoms with Crippen molar-refractivity contribution in [2.75, 3.05) is 6.54 Å². The van der Waals surface area contributed by atoms with E-state index in [4.69, 9.17) is 0 Å². The molecule has 0 radical (unpaired) electrons. The lowest BCUT2D eigenvalue weighted by atomic mass is 10.7. The van der Waals surface area contributed by atoms with Gasteiger partial charge in [0.2, 0.25) is 0 Å². The highest BCUT2D eigenvalue weighted by Gasteiger charge is 2.23. The van der Waals surface area contributed by atoms with E-state index in [0.717, 1.165) is 0 Å². The zero-order chi connectivity index (χ0) is 7.21. The summed E-state index contributed by atoms with van der Waals surface area (Å²) in [6, 6.07) is 0. The molecule has 0 amide bonds. The topological polar surface area (TPSA) is 78.1 Å². The highest BCUT2D eigenvalue weighted by molar-refractivity contribution is 4.44. The van der Waals surface area contributed by atoms with E-state index in [1.54, 1.807) is 0 Å². The number of halogens is 3. The molecule has 0 aliphatic heterocycles. The number of hydrogen-bond donors (Lipinski definition) is 3. The van der Waals surface area contributed by atoms with Crippen LogP contribution in [0.4, 0.5) is 13.2 Å². The summed E-state index contributed by atoms with van der Waals surface area (Å²) in [5.41, 5.74) is 4.18. The first-order chi connectivity index (χ1) is 3.56. The van der Waals surface area contributed by atoms with Crippen LogP contribution in [-0.2, 0) is 0 Å². The molecule has 52 valence electrons. The Balaban J connectivity index is 0. The van der Waals surface area contributed by atoms with Crippen molar-refractivity contribution in [3.8, 4) is 0 Å². The molecule has 6 heteroatoms. The molecule has 3 nitrogen and oxygen atoms in total. The first-order valence-electron chi connectivity index (χ1n) is 1.66. The minimum atomic E-state index is -4.18. The molecule has 6 N–H and O–H groups in total. The van der Waals surface area contributed by atoms with Crippen molar-refractivity contribution in [3.63, 3.8) is 0 Å². The van der Waals surface area contributed by atoms with E-state index in [1.165, 1.54) is 0 Å². The zero-order valence-electron chi connectivity index (χ0n) is 4.07. The molecule has 0 atom stereocenters. The highest BCUT2D eigenvalue weighted by atomic mass is 19.4. The van der Waals surface area contributed by atoms with E-state index < -0.39 is 12.7 Å². The molecule has 0 aromatic heterocycles. The van der Waals surface area contributed by atoms with Crippen molar-refractivity contribution < 1.29 is 13.2 Å². The average Bonchev–Trinajstić information content (AvgIpc) is 1.71. The molecule has 0 bridgehead atoms.